The molecule has 0 radical (unpaired) electrons. The molecule has 0 amide bonds. The van der Waals surface area contributed by atoms with E-state index in [1.165, 1.54) is 96.3 Å². The summed E-state index contributed by atoms with van der Waals surface area (Å²) >= 11 is 0. The van der Waals surface area contributed by atoms with Gasteiger partial charge in [-0.25, -0.2) is 9.13 Å². The lowest BCUT2D eigenvalue weighted by molar-refractivity contribution is -0.161. The van der Waals surface area contributed by atoms with Gasteiger partial charge < -0.3 is 33.8 Å². The zero-order valence-electron chi connectivity index (χ0n) is 50.7. The van der Waals surface area contributed by atoms with Crippen LogP contribution in [0, 0.1) is 11.8 Å². The lowest BCUT2D eigenvalue weighted by Crippen LogP contribution is -2.30. The van der Waals surface area contributed by atoms with E-state index in [4.69, 9.17) is 37.0 Å². The summed E-state index contributed by atoms with van der Waals surface area (Å²) in [4.78, 5) is 71.7. The molecule has 0 saturated heterocycles. The summed E-state index contributed by atoms with van der Waals surface area (Å²) in [6.07, 6.45) is 33.8. The third-order valence-corrected chi connectivity index (χ3v) is 16.0. The quantitative estimate of drug-likeness (QED) is 0.0222. The normalized spacial score (nSPS) is 14.8. The van der Waals surface area contributed by atoms with E-state index in [-0.39, 0.29) is 25.7 Å². The van der Waals surface area contributed by atoms with Gasteiger partial charge in [-0.05, 0) is 37.5 Å². The molecular weight excluding hydrogens is 1050 g/mol. The van der Waals surface area contributed by atoms with Crippen LogP contribution in [-0.4, -0.2) is 96.7 Å². The molecule has 0 bridgehead atoms. The van der Waals surface area contributed by atoms with Gasteiger partial charge in [0.1, 0.15) is 19.3 Å². The second-order valence-corrected chi connectivity index (χ2v) is 25.4. The first kappa shape index (κ1) is 77.1. The third-order valence-electron chi connectivity index (χ3n) is 14.1. The summed E-state index contributed by atoms with van der Waals surface area (Å²) in [7, 11) is -9.87. The number of phosphoric ester groups is 2. The molecule has 19 heteroatoms. The standard InChI is InChI=1S/C60H116O17P2/c1-7-10-12-14-15-20-24-32-38-44-59(64)76-55(48-70-57(62)42-36-28-13-11-8-2)50-74-78(66,67)72-46-54(61)47-73-79(68,69)75-51-56(49-71-58(63)43-37-31-27-26-30-35-41-53(6)9-3)77-60(65)45-39-33-25-22-19-17-16-18-21-23-29-34-40-52(4)5/h52-56,61H,7-51H2,1-6H3,(H,66,67)(H,68,69)/t53?,54-,55+,56+/m0/s1. The van der Waals surface area contributed by atoms with E-state index in [0.717, 1.165) is 115 Å². The summed E-state index contributed by atoms with van der Waals surface area (Å²) in [5.74, 6) is -0.645. The Balaban J connectivity index is 5.17. The number of esters is 4. The molecule has 0 aliphatic rings. The van der Waals surface area contributed by atoms with Crippen molar-refractivity contribution in [3.8, 4) is 0 Å². The third kappa shape index (κ3) is 53.8. The van der Waals surface area contributed by atoms with Crippen molar-refractivity contribution in [3.05, 3.63) is 0 Å². The van der Waals surface area contributed by atoms with Crippen molar-refractivity contribution in [1.29, 1.82) is 0 Å². The van der Waals surface area contributed by atoms with Crippen molar-refractivity contribution in [2.75, 3.05) is 39.6 Å². The second-order valence-electron chi connectivity index (χ2n) is 22.5. The Hall–Kier alpha value is -1.94. The molecule has 0 rings (SSSR count). The summed E-state index contributed by atoms with van der Waals surface area (Å²) in [5, 5.41) is 10.5. The van der Waals surface area contributed by atoms with E-state index >= 15 is 0 Å². The highest BCUT2D eigenvalue weighted by molar-refractivity contribution is 7.47. The highest BCUT2D eigenvalue weighted by atomic mass is 31.2. The lowest BCUT2D eigenvalue weighted by atomic mass is 10.00. The number of phosphoric acid groups is 2. The molecular formula is C60H116O17P2. The maximum Gasteiger partial charge on any atom is 0.472 e. The van der Waals surface area contributed by atoms with Crippen LogP contribution in [0.25, 0.3) is 0 Å². The number of hydrogen-bond acceptors (Lipinski definition) is 15. The van der Waals surface area contributed by atoms with Crippen molar-refractivity contribution in [3.63, 3.8) is 0 Å². The van der Waals surface area contributed by atoms with Crippen molar-refractivity contribution in [2.24, 2.45) is 11.8 Å². The SMILES string of the molecule is CCCCCCCCCCCC(=O)O[C@H](COC(=O)CCCCCCC)COP(=O)(O)OC[C@H](O)COP(=O)(O)OC[C@@H](COC(=O)CCCCCCCCC(C)CC)OC(=O)CCCCCCCCCCCCCCC(C)C. The van der Waals surface area contributed by atoms with E-state index in [1.54, 1.807) is 0 Å². The monoisotopic (exact) mass is 1170 g/mol. The highest BCUT2D eigenvalue weighted by Gasteiger charge is 2.30. The molecule has 0 aromatic heterocycles. The maximum absolute atomic E-state index is 12.9. The van der Waals surface area contributed by atoms with Gasteiger partial charge in [-0.15, -0.1) is 0 Å². The lowest BCUT2D eigenvalue weighted by Gasteiger charge is -2.21. The zero-order chi connectivity index (χ0) is 58.7. The predicted molar refractivity (Wildman–Crippen MR) is 312 cm³/mol. The van der Waals surface area contributed by atoms with Crippen LogP contribution in [0.15, 0.2) is 0 Å². The van der Waals surface area contributed by atoms with Crippen LogP contribution >= 0.6 is 15.6 Å². The van der Waals surface area contributed by atoms with E-state index in [0.29, 0.717) is 25.7 Å². The fraction of sp³-hybridized carbons (Fsp3) is 0.933. The second kappa shape index (κ2) is 52.8. The molecule has 0 spiro atoms. The molecule has 6 atom stereocenters. The molecule has 0 aliphatic carbocycles. The first-order chi connectivity index (χ1) is 37.9. The number of aliphatic hydroxyl groups is 1. The Morgan fingerprint density at radius 1 is 0.367 bits per heavy atom. The van der Waals surface area contributed by atoms with Crippen LogP contribution in [0.4, 0.5) is 0 Å². The van der Waals surface area contributed by atoms with Gasteiger partial charge in [-0.3, -0.25) is 37.3 Å². The fourth-order valence-corrected chi connectivity index (χ4v) is 10.4. The Morgan fingerprint density at radius 3 is 0.962 bits per heavy atom. The molecule has 17 nitrogen and oxygen atoms in total. The fourth-order valence-electron chi connectivity index (χ4n) is 8.79. The van der Waals surface area contributed by atoms with Crippen LogP contribution in [0.2, 0.25) is 0 Å². The van der Waals surface area contributed by atoms with E-state index in [1.807, 2.05) is 0 Å². The van der Waals surface area contributed by atoms with Gasteiger partial charge in [0.05, 0.1) is 26.4 Å². The molecule has 0 aromatic rings. The molecule has 3 N–H and O–H groups in total. The Kier molecular flexibility index (Phi) is 51.5. The first-order valence-electron chi connectivity index (χ1n) is 31.5. The van der Waals surface area contributed by atoms with Gasteiger partial charge >= 0.3 is 39.5 Å². The number of carbonyl (C=O) groups is 4. The van der Waals surface area contributed by atoms with Crippen LogP contribution in [0.1, 0.15) is 292 Å². The number of aliphatic hydroxyl groups excluding tert-OH is 1. The molecule has 0 saturated carbocycles. The van der Waals surface area contributed by atoms with Crippen molar-refractivity contribution >= 4 is 39.5 Å². The largest absolute Gasteiger partial charge is 0.472 e. The average molecular weight is 1170 g/mol. The summed E-state index contributed by atoms with van der Waals surface area (Å²) < 4.78 is 67.6. The van der Waals surface area contributed by atoms with Gasteiger partial charge in [-0.2, -0.15) is 0 Å². The van der Waals surface area contributed by atoms with Gasteiger partial charge in [0.15, 0.2) is 12.2 Å². The molecule has 0 heterocycles. The predicted octanol–water partition coefficient (Wildman–Crippen LogP) is 16.1. The zero-order valence-corrected chi connectivity index (χ0v) is 52.4. The number of carbonyl (C=O) groups excluding carboxylic acids is 4. The molecule has 0 fully saturated rings. The van der Waals surface area contributed by atoms with Crippen LogP contribution in [0.5, 0.6) is 0 Å². The van der Waals surface area contributed by atoms with E-state index in [2.05, 4.69) is 41.5 Å². The topological polar surface area (TPSA) is 237 Å². The van der Waals surface area contributed by atoms with Gasteiger partial charge in [-0.1, -0.05) is 241 Å². The van der Waals surface area contributed by atoms with E-state index in [9.17, 15) is 43.2 Å². The van der Waals surface area contributed by atoms with Crippen LogP contribution in [0.3, 0.4) is 0 Å². The summed E-state index contributed by atoms with van der Waals surface area (Å²) in [6, 6.07) is 0. The average Bonchev–Trinajstić information content (AvgIpc) is 3.41. The van der Waals surface area contributed by atoms with Crippen LogP contribution < -0.4 is 0 Å². The smallest absolute Gasteiger partial charge is 0.462 e. The molecule has 0 aromatic carbocycles. The first-order valence-corrected chi connectivity index (χ1v) is 34.5. The number of hydrogen-bond donors (Lipinski definition) is 3. The molecule has 79 heavy (non-hydrogen) atoms. The number of unbranched alkanes of at least 4 members (excludes halogenated alkanes) is 28. The Labute approximate surface area is 479 Å². The molecule has 468 valence electrons. The molecule has 0 aliphatic heterocycles. The minimum atomic E-state index is -4.94. The van der Waals surface area contributed by atoms with Gasteiger partial charge in [0.2, 0.25) is 0 Å². The van der Waals surface area contributed by atoms with Crippen LogP contribution in [-0.2, 0) is 65.4 Å². The van der Waals surface area contributed by atoms with Crippen molar-refractivity contribution in [2.45, 2.75) is 310 Å². The Morgan fingerprint density at radius 2 is 0.646 bits per heavy atom. The van der Waals surface area contributed by atoms with Crippen molar-refractivity contribution < 1.29 is 80.2 Å². The summed E-state index contributed by atoms with van der Waals surface area (Å²) in [5.41, 5.74) is 0. The Bertz CT molecular complexity index is 1570. The summed E-state index contributed by atoms with van der Waals surface area (Å²) in [6.45, 7) is 9.33. The maximum atomic E-state index is 12.9. The van der Waals surface area contributed by atoms with Crippen molar-refractivity contribution in [1.82, 2.24) is 0 Å². The highest BCUT2D eigenvalue weighted by Crippen LogP contribution is 2.45. The van der Waals surface area contributed by atoms with Gasteiger partial charge in [0, 0.05) is 25.7 Å². The number of ether oxygens (including phenoxy) is 4. The minimum absolute atomic E-state index is 0.104. The van der Waals surface area contributed by atoms with E-state index < -0.39 is 97.5 Å². The number of rotatable bonds is 59. The molecule has 3 unspecified atom stereocenters. The van der Waals surface area contributed by atoms with Gasteiger partial charge in [0.25, 0.3) is 0 Å². The minimum Gasteiger partial charge on any atom is -0.462 e.